The van der Waals surface area contributed by atoms with Gasteiger partial charge in [-0.05, 0) is 144 Å². The molecule has 4 heterocycles. The van der Waals surface area contributed by atoms with Crippen LogP contribution in [0.3, 0.4) is 0 Å². The fourth-order valence-corrected chi connectivity index (χ4v) is 10.3. The van der Waals surface area contributed by atoms with E-state index in [2.05, 4.69) is 46.8 Å². The lowest BCUT2D eigenvalue weighted by atomic mass is 9.79. The van der Waals surface area contributed by atoms with Gasteiger partial charge in [-0.3, -0.25) is 14.5 Å². The van der Waals surface area contributed by atoms with Crippen LogP contribution in [0.4, 0.5) is 5.82 Å². The molecule has 1 aromatic heterocycles. The number of benzene rings is 1. The minimum absolute atomic E-state index is 0.0351. The maximum Gasteiger partial charge on any atom is 0.270 e. The Kier molecular flexibility index (Phi) is 13.4. The molecule has 3 aliphatic heterocycles. The molecule has 1 aromatic carbocycles. The van der Waals surface area contributed by atoms with Crippen LogP contribution in [0.2, 0.25) is 0 Å². The van der Waals surface area contributed by atoms with Crippen molar-refractivity contribution in [3.8, 4) is 6.07 Å². The summed E-state index contributed by atoms with van der Waals surface area (Å²) in [5.41, 5.74) is 4.14. The van der Waals surface area contributed by atoms with E-state index in [4.69, 9.17) is 9.98 Å². The number of hydrogen-bond donors (Lipinski definition) is 2. The van der Waals surface area contributed by atoms with Gasteiger partial charge in [0, 0.05) is 49.6 Å². The molecule has 0 radical (unpaired) electrons. The maximum absolute atomic E-state index is 13.3. The number of aromatic nitrogens is 1. The SMILES string of the molecule is C=C(/N=C1\C(=C/C)C=C(C#N)C(=O)N1C1CCCC1)Nc1ccc(C2CCN(CC3CCC(CN4CCC(O)(c5ccc(C(C)=O)c(CC)c5)CC4)CC3)CC2)cn1. The summed E-state index contributed by atoms with van der Waals surface area (Å²) in [6.45, 7) is 16.2. The highest BCUT2D eigenvalue weighted by molar-refractivity contribution is 6.19. The minimum atomic E-state index is -0.805. The third-order valence-electron chi connectivity index (χ3n) is 13.8. The van der Waals surface area contributed by atoms with E-state index < -0.39 is 5.60 Å². The Balaban J connectivity index is 0.833. The first-order chi connectivity index (χ1) is 28.1. The second-order valence-electron chi connectivity index (χ2n) is 17.6. The average Bonchev–Trinajstić information content (AvgIpc) is 3.77. The van der Waals surface area contributed by atoms with Crippen LogP contribution < -0.4 is 5.32 Å². The summed E-state index contributed by atoms with van der Waals surface area (Å²) in [4.78, 5) is 41.8. The number of anilines is 1. The van der Waals surface area contributed by atoms with Gasteiger partial charge in [-0.15, -0.1) is 0 Å². The first-order valence-corrected chi connectivity index (χ1v) is 22.0. The van der Waals surface area contributed by atoms with Crippen LogP contribution in [0.15, 0.2) is 77.2 Å². The van der Waals surface area contributed by atoms with E-state index in [0.717, 1.165) is 125 Å². The lowest BCUT2D eigenvalue weighted by Gasteiger charge is -2.41. The zero-order chi connectivity index (χ0) is 40.8. The molecule has 10 heteroatoms. The molecule has 4 fully saturated rings. The normalized spacial score (nSPS) is 25.2. The number of amidine groups is 1. The van der Waals surface area contributed by atoms with Gasteiger partial charge in [-0.1, -0.05) is 56.7 Å². The Morgan fingerprint density at radius 3 is 2.22 bits per heavy atom. The van der Waals surface area contributed by atoms with Crippen LogP contribution in [0, 0.1) is 23.2 Å². The highest BCUT2D eigenvalue weighted by Gasteiger charge is 2.38. The molecule has 2 aliphatic carbocycles. The number of Topliss-reactive ketones (excluding diaryl/α,β-unsaturated/α-hetero) is 1. The van der Waals surface area contributed by atoms with E-state index in [1.54, 1.807) is 17.9 Å². The molecule has 1 amide bonds. The summed E-state index contributed by atoms with van der Waals surface area (Å²) < 4.78 is 0. The number of aryl methyl sites for hydroxylation is 1. The van der Waals surface area contributed by atoms with Crippen molar-refractivity contribution >= 4 is 23.3 Å². The topological polar surface area (TPSA) is 125 Å². The Bertz CT molecular complexity index is 1950. The highest BCUT2D eigenvalue weighted by atomic mass is 16.3. The van der Waals surface area contributed by atoms with Crippen molar-refractivity contribution in [2.24, 2.45) is 16.8 Å². The number of nitrogens with zero attached hydrogens (tertiary/aromatic N) is 6. The molecule has 2 aromatic rings. The van der Waals surface area contributed by atoms with Crippen molar-refractivity contribution in [2.45, 2.75) is 122 Å². The van der Waals surface area contributed by atoms with Gasteiger partial charge in [0.25, 0.3) is 5.91 Å². The van der Waals surface area contributed by atoms with E-state index in [9.17, 15) is 20.0 Å². The lowest BCUT2D eigenvalue weighted by Crippen LogP contribution is -2.47. The number of piperidine rings is 2. The van der Waals surface area contributed by atoms with Crippen molar-refractivity contribution in [1.29, 1.82) is 5.26 Å². The number of hydrogen-bond acceptors (Lipinski definition) is 9. The van der Waals surface area contributed by atoms with Crippen LogP contribution in [0.25, 0.3) is 0 Å². The molecular formula is C48H63N7O3. The van der Waals surface area contributed by atoms with E-state index in [1.165, 1.54) is 37.8 Å². The van der Waals surface area contributed by atoms with E-state index >= 15 is 0 Å². The molecule has 0 bridgehead atoms. The van der Waals surface area contributed by atoms with Crippen molar-refractivity contribution in [2.75, 3.05) is 44.6 Å². The average molecular weight is 786 g/mol. The molecule has 2 saturated heterocycles. The van der Waals surface area contributed by atoms with Crippen molar-refractivity contribution < 1.29 is 14.7 Å². The standard InChI is InChI=1S/C48H63N7O3/c1-5-37-28-42(16-17-44(37)33(3)56)48(58)21-25-54(26-22-48)32-36-13-11-35(12-14-36)31-53-23-19-39(20-24-53)40-15-18-45(50-30-40)51-34(4)52-46-38(6-2)27-41(29-49)47(57)55(46)43-9-7-8-10-43/h6,15-18,27-28,30,35-36,39,43,58H,4-5,7-14,19-26,31-32H2,1-3H3,(H,50,51)/b38-6-,52-46+. The number of likely N-dealkylation sites (tertiary alicyclic amines) is 2. The van der Waals surface area contributed by atoms with Gasteiger partial charge >= 0.3 is 0 Å². The zero-order valence-corrected chi connectivity index (χ0v) is 35.0. The number of amides is 1. The zero-order valence-electron chi connectivity index (χ0n) is 35.0. The largest absolute Gasteiger partial charge is 0.385 e. The molecule has 0 unspecified atom stereocenters. The number of carbonyl (C=O) groups excluding carboxylic acids is 2. The Hall–Kier alpha value is -4.43. The van der Waals surface area contributed by atoms with E-state index in [-0.39, 0.29) is 23.3 Å². The van der Waals surface area contributed by atoms with Gasteiger partial charge in [0.1, 0.15) is 29.1 Å². The monoisotopic (exact) mass is 785 g/mol. The van der Waals surface area contributed by atoms with Crippen molar-refractivity contribution in [1.82, 2.24) is 19.7 Å². The number of rotatable bonds is 12. The fourth-order valence-electron chi connectivity index (χ4n) is 10.3. The Morgan fingerprint density at radius 1 is 1.00 bits per heavy atom. The van der Waals surface area contributed by atoms with Crippen molar-refractivity contribution in [3.63, 3.8) is 0 Å². The third kappa shape index (κ3) is 9.54. The number of nitrogens with one attached hydrogen (secondary N) is 1. The molecule has 308 valence electrons. The first-order valence-electron chi connectivity index (χ1n) is 22.0. The quantitative estimate of drug-likeness (QED) is 0.206. The molecule has 2 saturated carbocycles. The van der Waals surface area contributed by atoms with Crippen LogP contribution in [-0.2, 0) is 16.8 Å². The summed E-state index contributed by atoms with van der Waals surface area (Å²) in [7, 11) is 0. The molecule has 5 aliphatic rings. The molecule has 58 heavy (non-hydrogen) atoms. The minimum Gasteiger partial charge on any atom is -0.385 e. The van der Waals surface area contributed by atoms with Gasteiger partial charge < -0.3 is 20.2 Å². The van der Waals surface area contributed by atoms with Crippen LogP contribution >= 0.6 is 0 Å². The van der Waals surface area contributed by atoms with Gasteiger partial charge in [0.2, 0.25) is 0 Å². The number of nitriles is 1. The Morgan fingerprint density at radius 2 is 1.66 bits per heavy atom. The van der Waals surface area contributed by atoms with Gasteiger partial charge in [-0.2, -0.15) is 5.26 Å². The molecule has 10 nitrogen and oxygen atoms in total. The van der Waals surface area contributed by atoms with Gasteiger partial charge in [0.05, 0.1) is 5.60 Å². The van der Waals surface area contributed by atoms with Crippen molar-refractivity contribution in [3.05, 3.63) is 94.5 Å². The van der Waals surface area contributed by atoms with Gasteiger partial charge in [-0.25, -0.2) is 9.98 Å². The number of aliphatic imine (C=N–C) groups is 1. The summed E-state index contributed by atoms with van der Waals surface area (Å²) in [5.74, 6) is 3.44. The summed E-state index contributed by atoms with van der Waals surface area (Å²) >= 11 is 0. The number of carbonyl (C=O) groups is 2. The smallest absolute Gasteiger partial charge is 0.270 e. The molecule has 7 rings (SSSR count). The van der Waals surface area contributed by atoms with Gasteiger partial charge in [0.15, 0.2) is 5.78 Å². The fraction of sp³-hybridized carbons (Fsp3) is 0.562. The number of ketones is 1. The predicted octanol–water partition coefficient (Wildman–Crippen LogP) is 8.28. The van der Waals surface area contributed by atoms with Crippen LogP contribution in [0.5, 0.6) is 0 Å². The molecular weight excluding hydrogens is 723 g/mol. The second kappa shape index (κ2) is 18.7. The van der Waals surface area contributed by atoms with Crippen LogP contribution in [0.1, 0.15) is 131 Å². The Labute approximate surface area is 345 Å². The van der Waals surface area contributed by atoms with Crippen LogP contribution in [-0.4, -0.2) is 87.6 Å². The number of aliphatic hydroxyl groups is 1. The lowest BCUT2D eigenvalue weighted by molar-refractivity contribution is -0.124. The maximum atomic E-state index is 13.3. The summed E-state index contributed by atoms with van der Waals surface area (Å²) in [6.07, 6.45) is 19.2. The summed E-state index contributed by atoms with van der Waals surface area (Å²) in [6, 6.07) is 12.2. The number of allylic oxidation sites excluding steroid dienone is 1. The van der Waals surface area contributed by atoms with E-state index in [0.29, 0.717) is 23.4 Å². The molecule has 0 atom stereocenters. The third-order valence-corrected chi connectivity index (χ3v) is 13.8. The summed E-state index contributed by atoms with van der Waals surface area (Å²) in [5, 5.41) is 24.4. The predicted molar refractivity (Wildman–Crippen MR) is 230 cm³/mol. The molecule has 0 spiro atoms. The van der Waals surface area contributed by atoms with E-state index in [1.807, 2.05) is 37.4 Å². The first kappa shape index (κ1) is 41.7. The highest BCUT2D eigenvalue weighted by Crippen LogP contribution is 2.37. The number of pyridine rings is 1. The molecule has 2 N–H and O–H groups in total. The second-order valence-corrected chi connectivity index (χ2v) is 17.6.